The minimum atomic E-state index is 0.00296. The van der Waals surface area contributed by atoms with E-state index in [-0.39, 0.29) is 17.7 Å². The standard InChI is InChI=1S/C23H32N6O/c1-6-27(7-2)22(30)17-9-8-12-28(14-17)23-24-19-11-10-16(5)13-18(19)21-26-25-20(15(3)4)29(21)23/h10-11,13,15,17H,6-9,12,14H2,1-5H3. The second-order valence-corrected chi connectivity index (χ2v) is 8.60. The number of benzene rings is 1. The molecule has 4 rings (SSSR count). The molecule has 3 aromatic rings. The van der Waals surface area contributed by atoms with Crippen molar-refractivity contribution in [2.24, 2.45) is 5.92 Å². The normalized spacial score (nSPS) is 17.3. The molecule has 0 saturated carbocycles. The Hall–Kier alpha value is -2.70. The van der Waals surface area contributed by atoms with Crippen LogP contribution in [0.5, 0.6) is 0 Å². The van der Waals surface area contributed by atoms with E-state index < -0.39 is 0 Å². The fourth-order valence-electron chi connectivity index (χ4n) is 4.49. The summed E-state index contributed by atoms with van der Waals surface area (Å²) in [5.41, 5.74) is 2.94. The zero-order valence-corrected chi connectivity index (χ0v) is 18.7. The van der Waals surface area contributed by atoms with Crippen molar-refractivity contribution in [3.05, 3.63) is 29.6 Å². The SMILES string of the molecule is CCN(CC)C(=O)C1CCCN(c2nc3ccc(C)cc3c3nnc(C(C)C)n23)C1. The summed E-state index contributed by atoms with van der Waals surface area (Å²) in [4.78, 5) is 22.3. The molecule has 1 fully saturated rings. The molecule has 0 bridgehead atoms. The molecule has 1 unspecified atom stereocenters. The van der Waals surface area contributed by atoms with Crippen molar-refractivity contribution >= 4 is 28.4 Å². The van der Waals surface area contributed by atoms with Crippen molar-refractivity contribution in [2.75, 3.05) is 31.1 Å². The average molecular weight is 409 g/mol. The fourth-order valence-corrected chi connectivity index (χ4v) is 4.49. The van der Waals surface area contributed by atoms with Crippen LogP contribution in [0.2, 0.25) is 0 Å². The number of rotatable bonds is 5. The number of aryl methyl sites for hydroxylation is 1. The van der Waals surface area contributed by atoms with Gasteiger partial charge in [0.1, 0.15) is 5.82 Å². The summed E-state index contributed by atoms with van der Waals surface area (Å²) in [6.45, 7) is 13.5. The molecule has 30 heavy (non-hydrogen) atoms. The highest BCUT2D eigenvalue weighted by Gasteiger charge is 2.31. The summed E-state index contributed by atoms with van der Waals surface area (Å²) in [6, 6.07) is 6.27. The maximum atomic E-state index is 13.0. The topological polar surface area (TPSA) is 66.6 Å². The van der Waals surface area contributed by atoms with E-state index in [1.165, 1.54) is 5.56 Å². The lowest BCUT2D eigenvalue weighted by atomic mass is 9.96. The Balaban J connectivity index is 1.81. The molecular formula is C23H32N6O. The molecule has 0 spiro atoms. The van der Waals surface area contributed by atoms with Crippen molar-refractivity contribution in [3.8, 4) is 0 Å². The molecule has 2 aromatic heterocycles. The van der Waals surface area contributed by atoms with Crippen molar-refractivity contribution in [1.82, 2.24) is 24.5 Å². The van der Waals surface area contributed by atoms with Crippen LogP contribution in [0, 0.1) is 12.8 Å². The molecule has 0 N–H and O–H groups in total. The Kier molecular flexibility index (Phi) is 5.62. The Morgan fingerprint density at radius 1 is 1.23 bits per heavy atom. The first-order chi connectivity index (χ1) is 14.4. The fraction of sp³-hybridized carbons (Fsp3) is 0.565. The highest BCUT2D eigenvalue weighted by Crippen LogP contribution is 2.30. The minimum absolute atomic E-state index is 0.00296. The largest absolute Gasteiger partial charge is 0.343 e. The summed E-state index contributed by atoms with van der Waals surface area (Å²) >= 11 is 0. The summed E-state index contributed by atoms with van der Waals surface area (Å²) in [6.07, 6.45) is 1.91. The third-order valence-electron chi connectivity index (χ3n) is 6.15. The van der Waals surface area contributed by atoms with Gasteiger partial charge in [0, 0.05) is 37.5 Å². The van der Waals surface area contributed by atoms with Crippen LogP contribution in [0.25, 0.3) is 16.6 Å². The van der Waals surface area contributed by atoms with Gasteiger partial charge in [-0.1, -0.05) is 25.5 Å². The smallest absolute Gasteiger partial charge is 0.227 e. The van der Waals surface area contributed by atoms with Crippen LogP contribution >= 0.6 is 0 Å². The number of piperidine rings is 1. The van der Waals surface area contributed by atoms with Gasteiger partial charge in [0.2, 0.25) is 11.9 Å². The molecule has 160 valence electrons. The predicted molar refractivity (Wildman–Crippen MR) is 120 cm³/mol. The van der Waals surface area contributed by atoms with Crippen LogP contribution in [0.15, 0.2) is 18.2 Å². The third kappa shape index (κ3) is 3.50. The van der Waals surface area contributed by atoms with Crippen LogP contribution in [0.1, 0.15) is 57.8 Å². The van der Waals surface area contributed by atoms with Gasteiger partial charge in [-0.3, -0.25) is 4.79 Å². The first-order valence-electron chi connectivity index (χ1n) is 11.1. The number of amides is 1. The van der Waals surface area contributed by atoms with Crippen LogP contribution in [0.3, 0.4) is 0 Å². The number of carbonyl (C=O) groups excluding carboxylic acids is 1. The van der Waals surface area contributed by atoms with E-state index in [0.29, 0.717) is 6.54 Å². The van der Waals surface area contributed by atoms with Gasteiger partial charge in [0.15, 0.2) is 5.65 Å². The van der Waals surface area contributed by atoms with Crippen molar-refractivity contribution < 1.29 is 4.79 Å². The van der Waals surface area contributed by atoms with E-state index in [1.54, 1.807) is 0 Å². The van der Waals surface area contributed by atoms with Gasteiger partial charge in [-0.25, -0.2) is 9.38 Å². The van der Waals surface area contributed by atoms with Crippen molar-refractivity contribution in [2.45, 2.75) is 53.4 Å². The second kappa shape index (κ2) is 8.20. The molecule has 1 atom stereocenters. The van der Waals surface area contributed by atoms with E-state index >= 15 is 0 Å². The minimum Gasteiger partial charge on any atom is -0.343 e. The number of carbonyl (C=O) groups is 1. The van der Waals surface area contributed by atoms with Gasteiger partial charge < -0.3 is 9.80 Å². The molecule has 3 heterocycles. The zero-order chi connectivity index (χ0) is 21.4. The van der Waals surface area contributed by atoms with Crippen LogP contribution in [-0.2, 0) is 4.79 Å². The predicted octanol–water partition coefficient (Wildman–Crippen LogP) is 3.79. The molecular weight excluding hydrogens is 376 g/mol. The summed E-state index contributed by atoms with van der Waals surface area (Å²) in [7, 11) is 0. The van der Waals surface area contributed by atoms with Crippen molar-refractivity contribution in [3.63, 3.8) is 0 Å². The molecule has 0 aliphatic carbocycles. The van der Waals surface area contributed by atoms with E-state index in [0.717, 1.165) is 60.8 Å². The average Bonchev–Trinajstić information content (AvgIpc) is 3.20. The van der Waals surface area contributed by atoms with Crippen molar-refractivity contribution in [1.29, 1.82) is 0 Å². The lowest BCUT2D eigenvalue weighted by molar-refractivity contribution is -0.135. The van der Waals surface area contributed by atoms with Gasteiger partial charge in [0.05, 0.1) is 11.4 Å². The van der Waals surface area contributed by atoms with E-state index in [9.17, 15) is 4.79 Å². The molecule has 1 saturated heterocycles. The Morgan fingerprint density at radius 2 is 2.00 bits per heavy atom. The molecule has 1 aliphatic heterocycles. The lowest BCUT2D eigenvalue weighted by Gasteiger charge is -2.35. The number of hydrogen-bond acceptors (Lipinski definition) is 5. The van der Waals surface area contributed by atoms with Gasteiger partial charge in [0.25, 0.3) is 0 Å². The first kappa shape index (κ1) is 20.6. The van der Waals surface area contributed by atoms with E-state index in [2.05, 4.69) is 58.5 Å². The Bertz CT molecular complexity index is 1070. The Labute approximate surface area is 178 Å². The van der Waals surface area contributed by atoms with Crippen LogP contribution < -0.4 is 4.90 Å². The summed E-state index contributed by atoms with van der Waals surface area (Å²) in [5, 5.41) is 10.1. The number of fused-ring (bicyclic) bond motifs is 3. The number of hydrogen-bond donors (Lipinski definition) is 0. The van der Waals surface area contributed by atoms with Gasteiger partial charge in [-0.2, -0.15) is 0 Å². The quantitative estimate of drug-likeness (QED) is 0.642. The molecule has 1 amide bonds. The molecule has 7 heteroatoms. The van der Waals surface area contributed by atoms with Crippen LogP contribution in [-0.4, -0.2) is 56.6 Å². The molecule has 7 nitrogen and oxygen atoms in total. The van der Waals surface area contributed by atoms with Gasteiger partial charge in [-0.05, 0) is 45.7 Å². The van der Waals surface area contributed by atoms with E-state index in [1.807, 2.05) is 18.7 Å². The highest BCUT2D eigenvalue weighted by atomic mass is 16.2. The molecule has 1 aromatic carbocycles. The Morgan fingerprint density at radius 3 is 2.70 bits per heavy atom. The van der Waals surface area contributed by atoms with Gasteiger partial charge >= 0.3 is 0 Å². The number of anilines is 1. The molecule has 0 radical (unpaired) electrons. The second-order valence-electron chi connectivity index (χ2n) is 8.60. The van der Waals surface area contributed by atoms with E-state index in [4.69, 9.17) is 4.98 Å². The molecule has 1 aliphatic rings. The van der Waals surface area contributed by atoms with Crippen LogP contribution in [0.4, 0.5) is 5.95 Å². The third-order valence-corrected chi connectivity index (χ3v) is 6.15. The zero-order valence-electron chi connectivity index (χ0n) is 18.7. The maximum absolute atomic E-state index is 13.0. The van der Waals surface area contributed by atoms with Gasteiger partial charge in [-0.15, -0.1) is 10.2 Å². The first-order valence-corrected chi connectivity index (χ1v) is 11.1. The summed E-state index contributed by atoms with van der Waals surface area (Å²) < 4.78 is 2.11. The number of nitrogens with zero attached hydrogens (tertiary/aromatic N) is 6. The number of aromatic nitrogens is 4. The maximum Gasteiger partial charge on any atom is 0.227 e. The summed E-state index contributed by atoms with van der Waals surface area (Å²) in [5.74, 6) is 2.24. The lowest BCUT2D eigenvalue weighted by Crippen LogP contribution is -2.45. The monoisotopic (exact) mass is 408 g/mol. The highest BCUT2D eigenvalue weighted by molar-refractivity contribution is 5.93.